The molecule has 6 nitrogen and oxygen atoms in total. The third-order valence-corrected chi connectivity index (χ3v) is 5.62. The second kappa shape index (κ2) is 10.6. The summed E-state index contributed by atoms with van der Waals surface area (Å²) >= 11 is 0. The van der Waals surface area contributed by atoms with Gasteiger partial charge in [0.15, 0.2) is 6.61 Å². The van der Waals surface area contributed by atoms with Crippen LogP contribution in [0.3, 0.4) is 0 Å². The Balaban J connectivity index is 1.59. The Kier molecular flexibility index (Phi) is 7.18. The minimum absolute atomic E-state index is 0.308. The predicted molar refractivity (Wildman–Crippen MR) is 133 cm³/mol. The minimum Gasteiger partial charge on any atom is -0.497 e. The average molecular weight is 455 g/mol. The van der Waals surface area contributed by atoms with Crippen LogP contribution in [-0.2, 0) is 14.3 Å². The highest BCUT2D eigenvalue weighted by molar-refractivity contribution is 6.05. The van der Waals surface area contributed by atoms with E-state index in [4.69, 9.17) is 9.47 Å². The number of hydrogen-bond donors (Lipinski definition) is 0. The molecule has 3 aromatic rings. The van der Waals surface area contributed by atoms with Gasteiger partial charge in [-0.25, -0.2) is 9.80 Å². The van der Waals surface area contributed by atoms with E-state index in [-0.39, 0.29) is 18.6 Å². The van der Waals surface area contributed by atoms with E-state index in [1.54, 1.807) is 25.3 Å². The lowest BCUT2D eigenvalue weighted by Crippen LogP contribution is -2.31. The third kappa shape index (κ3) is 5.23. The molecule has 1 atom stereocenters. The van der Waals surface area contributed by atoms with Crippen molar-refractivity contribution in [3.8, 4) is 5.75 Å². The lowest BCUT2D eigenvalue weighted by atomic mass is 9.97. The van der Waals surface area contributed by atoms with Crippen LogP contribution in [0.5, 0.6) is 5.75 Å². The number of amides is 1. The number of hydrogen-bond acceptors (Lipinski definition) is 5. The van der Waals surface area contributed by atoms with Crippen LogP contribution in [0.25, 0.3) is 10.8 Å². The fraction of sp³-hybridized carbons (Fsp3) is 0.179. The molecule has 0 bridgehead atoms. The fourth-order valence-corrected chi connectivity index (χ4v) is 3.86. The zero-order valence-electron chi connectivity index (χ0n) is 19.2. The maximum absolute atomic E-state index is 13.1. The van der Waals surface area contributed by atoms with E-state index in [1.807, 2.05) is 49.4 Å². The summed E-state index contributed by atoms with van der Waals surface area (Å²) in [7, 11) is 1.61. The van der Waals surface area contributed by atoms with Gasteiger partial charge in [0.05, 0.1) is 18.9 Å². The molecule has 0 aromatic heterocycles. The van der Waals surface area contributed by atoms with Gasteiger partial charge in [-0.3, -0.25) is 4.79 Å². The number of ether oxygens (including phenoxy) is 2. The molecule has 4 rings (SSSR count). The summed E-state index contributed by atoms with van der Waals surface area (Å²) in [5.41, 5.74) is 2.69. The highest BCUT2D eigenvalue weighted by atomic mass is 16.5. The number of fused-ring (bicyclic) bond motifs is 1. The number of benzene rings is 3. The number of allylic oxidation sites excluding steroid dienone is 3. The van der Waals surface area contributed by atoms with Crippen LogP contribution in [0.15, 0.2) is 96.1 Å². The number of nitrogens with zero attached hydrogens (tertiary/aromatic N) is 2. The van der Waals surface area contributed by atoms with Crippen molar-refractivity contribution in [3.05, 3.63) is 102 Å². The first-order chi connectivity index (χ1) is 16.6. The standard InChI is InChI=1S/C28H26N2O4/c1-3-4-5-10-28(32)34-19-27(31)30-26(21-13-15-24(33-2)16-14-21)18-25(29-30)23-12-11-20-8-6-7-9-22(20)17-23/h3-17,26H,18-19H2,1-2H3/b4-3+,10-5+. The van der Waals surface area contributed by atoms with Gasteiger partial charge in [0.1, 0.15) is 5.75 Å². The van der Waals surface area contributed by atoms with Crippen molar-refractivity contribution < 1.29 is 19.1 Å². The van der Waals surface area contributed by atoms with Crippen molar-refractivity contribution in [2.75, 3.05) is 13.7 Å². The van der Waals surface area contributed by atoms with Crippen molar-refractivity contribution in [3.63, 3.8) is 0 Å². The van der Waals surface area contributed by atoms with Gasteiger partial charge in [0.25, 0.3) is 5.91 Å². The van der Waals surface area contributed by atoms with Crippen LogP contribution in [0.4, 0.5) is 0 Å². The fourth-order valence-electron chi connectivity index (χ4n) is 3.86. The van der Waals surface area contributed by atoms with Crippen molar-refractivity contribution in [1.82, 2.24) is 5.01 Å². The summed E-state index contributed by atoms with van der Waals surface area (Å²) in [4.78, 5) is 25.0. The summed E-state index contributed by atoms with van der Waals surface area (Å²) in [5.74, 6) is -0.230. The van der Waals surface area contributed by atoms with Crippen LogP contribution in [-0.4, -0.2) is 36.3 Å². The van der Waals surface area contributed by atoms with E-state index in [0.29, 0.717) is 6.42 Å². The molecule has 34 heavy (non-hydrogen) atoms. The second-order valence-corrected chi connectivity index (χ2v) is 7.83. The van der Waals surface area contributed by atoms with Crippen molar-refractivity contribution in [2.24, 2.45) is 5.10 Å². The summed E-state index contributed by atoms with van der Waals surface area (Å²) in [6, 6.07) is 21.5. The van der Waals surface area contributed by atoms with E-state index >= 15 is 0 Å². The van der Waals surface area contributed by atoms with Gasteiger partial charge in [-0.2, -0.15) is 5.10 Å². The van der Waals surface area contributed by atoms with Crippen LogP contribution in [0.1, 0.15) is 30.5 Å². The number of methoxy groups -OCH3 is 1. The third-order valence-electron chi connectivity index (χ3n) is 5.62. The molecule has 1 unspecified atom stereocenters. The normalized spacial score (nSPS) is 15.8. The monoisotopic (exact) mass is 454 g/mol. The zero-order valence-corrected chi connectivity index (χ0v) is 19.2. The minimum atomic E-state index is -0.578. The molecule has 172 valence electrons. The Hall–Kier alpha value is -4.19. The second-order valence-electron chi connectivity index (χ2n) is 7.83. The first kappa shape index (κ1) is 23.0. The maximum atomic E-state index is 13.1. The molecule has 0 fully saturated rings. The molecule has 1 heterocycles. The van der Waals surface area contributed by atoms with Crippen LogP contribution >= 0.6 is 0 Å². The van der Waals surface area contributed by atoms with Crippen LogP contribution in [0, 0.1) is 0 Å². The first-order valence-electron chi connectivity index (χ1n) is 11.1. The van der Waals surface area contributed by atoms with Gasteiger partial charge in [-0.1, -0.05) is 66.8 Å². The molecule has 1 aliphatic rings. The lowest BCUT2D eigenvalue weighted by molar-refractivity contribution is -0.149. The molecule has 0 spiro atoms. The Labute approximate surface area is 198 Å². The van der Waals surface area contributed by atoms with Gasteiger partial charge in [-0.05, 0) is 47.0 Å². The Morgan fingerprint density at radius 2 is 1.79 bits per heavy atom. The molecule has 0 aliphatic carbocycles. The quantitative estimate of drug-likeness (QED) is 0.280. The van der Waals surface area contributed by atoms with E-state index in [0.717, 1.165) is 33.4 Å². The largest absolute Gasteiger partial charge is 0.497 e. The molecule has 0 saturated carbocycles. The summed E-state index contributed by atoms with van der Waals surface area (Å²) in [6.07, 6.45) is 6.90. The van der Waals surface area contributed by atoms with E-state index in [1.165, 1.54) is 11.1 Å². The molecule has 3 aromatic carbocycles. The van der Waals surface area contributed by atoms with Gasteiger partial charge in [0, 0.05) is 12.5 Å². The number of rotatable bonds is 7. The van der Waals surface area contributed by atoms with Gasteiger partial charge >= 0.3 is 5.97 Å². The smallest absolute Gasteiger partial charge is 0.331 e. The van der Waals surface area contributed by atoms with Crippen molar-refractivity contribution in [1.29, 1.82) is 0 Å². The average Bonchev–Trinajstić information content (AvgIpc) is 3.33. The first-order valence-corrected chi connectivity index (χ1v) is 11.1. The summed E-state index contributed by atoms with van der Waals surface area (Å²) < 4.78 is 10.4. The highest BCUT2D eigenvalue weighted by Crippen LogP contribution is 2.34. The number of carbonyl (C=O) groups is 2. The Morgan fingerprint density at radius 1 is 1.03 bits per heavy atom. The summed E-state index contributed by atoms with van der Waals surface area (Å²) in [5, 5.41) is 8.34. The summed E-state index contributed by atoms with van der Waals surface area (Å²) in [6.45, 7) is 1.46. The van der Waals surface area contributed by atoms with Gasteiger partial charge < -0.3 is 9.47 Å². The van der Waals surface area contributed by atoms with Gasteiger partial charge in [-0.15, -0.1) is 0 Å². The molecule has 6 heteroatoms. The van der Waals surface area contributed by atoms with E-state index in [2.05, 4.69) is 29.4 Å². The van der Waals surface area contributed by atoms with Crippen molar-refractivity contribution >= 4 is 28.4 Å². The van der Waals surface area contributed by atoms with E-state index in [9.17, 15) is 9.59 Å². The molecular formula is C28H26N2O4. The number of hydrazone groups is 1. The van der Waals surface area contributed by atoms with Crippen molar-refractivity contribution in [2.45, 2.75) is 19.4 Å². The number of carbonyl (C=O) groups excluding carboxylic acids is 2. The molecule has 0 radical (unpaired) electrons. The maximum Gasteiger partial charge on any atom is 0.331 e. The molecule has 1 aliphatic heterocycles. The number of esters is 1. The van der Waals surface area contributed by atoms with Crippen LogP contribution in [0.2, 0.25) is 0 Å². The molecular weight excluding hydrogens is 428 g/mol. The highest BCUT2D eigenvalue weighted by Gasteiger charge is 2.33. The SMILES string of the molecule is C/C=C/C=C/C(=O)OCC(=O)N1N=C(c2ccc3ccccc3c2)CC1c1ccc(OC)cc1. The Morgan fingerprint density at radius 3 is 2.53 bits per heavy atom. The molecule has 0 N–H and O–H groups in total. The zero-order chi connectivity index (χ0) is 23.9. The lowest BCUT2D eigenvalue weighted by Gasteiger charge is -2.22. The topological polar surface area (TPSA) is 68.2 Å². The Bertz CT molecular complexity index is 1280. The van der Waals surface area contributed by atoms with Gasteiger partial charge in [0.2, 0.25) is 0 Å². The molecule has 1 amide bonds. The molecule has 0 saturated heterocycles. The predicted octanol–water partition coefficient (Wildman–Crippen LogP) is 5.20. The van der Waals surface area contributed by atoms with Crippen LogP contribution < -0.4 is 4.74 Å². The van der Waals surface area contributed by atoms with E-state index < -0.39 is 5.97 Å².